The van der Waals surface area contributed by atoms with Gasteiger partial charge in [-0.1, -0.05) is 6.42 Å². The van der Waals surface area contributed by atoms with Crippen LogP contribution in [0.4, 0.5) is 0 Å². The molecule has 12 heavy (non-hydrogen) atoms. The summed E-state index contributed by atoms with van der Waals surface area (Å²) in [5, 5.41) is 3.54. The minimum atomic E-state index is 0.706. The highest BCUT2D eigenvalue weighted by Crippen LogP contribution is 2.11. The highest BCUT2D eigenvalue weighted by Gasteiger charge is 2.12. The Labute approximate surface area is 73.4 Å². The standard InChI is InChI=1S/C10H16N2/c1-2-6-11-9(4-1)8-10-5-3-7-12-10/h3,5,7,9,11-12H,1-2,4,6,8H2. The summed E-state index contributed by atoms with van der Waals surface area (Å²) >= 11 is 0. The van der Waals surface area contributed by atoms with Gasteiger partial charge in [-0.2, -0.15) is 0 Å². The van der Waals surface area contributed by atoms with E-state index >= 15 is 0 Å². The van der Waals surface area contributed by atoms with Crippen LogP contribution in [0.25, 0.3) is 0 Å². The molecule has 0 spiro atoms. The minimum Gasteiger partial charge on any atom is -0.365 e. The molecular formula is C10H16N2. The zero-order valence-corrected chi connectivity index (χ0v) is 7.34. The molecule has 0 saturated carbocycles. The zero-order valence-electron chi connectivity index (χ0n) is 7.34. The predicted octanol–water partition coefficient (Wildman–Crippen LogP) is 1.70. The van der Waals surface area contributed by atoms with Crippen LogP contribution in [0.2, 0.25) is 0 Å². The minimum absolute atomic E-state index is 0.706. The summed E-state index contributed by atoms with van der Waals surface area (Å²) in [7, 11) is 0. The molecule has 0 bridgehead atoms. The third kappa shape index (κ3) is 1.89. The molecule has 1 atom stereocenters. The summed E-state index contributed by atoms with van der Waals surface area (Å²) in [6.07, 6.45) is 7.23. The van der Waals surface area contributed by atoms with Crippen molar-refractivity contribution in [3.8, 4) is 0 Å². The average molecular weight is 164 g/mol. The second-order valence-electron chi connectivity index (χ2n) is 3.55. The number of hydrogen-bond acceptors (Lipinski definition) is 1. The van der Waals surface area contributed by atoms with Crippen molar-refractivity contribution >= 4 is 0 Å². The first-order chi connectivity index (χ1) is 5.95. The van der Waals surface area contributed by atoms with Crippen LogP contribution in [0.1, 0.15) is 25.0 Å². The van der Waals surface area contributed by atoms with E-state index in [0.29, 0.717) is 6.04 Å². The van der Waals surface area contributed by atoms with Gasteiger partial charge in [0.25, 0.3) is 0 Å². The van der Waals surface area contributed by atoms with Crippen LogP contribution < -0.4 is 5.32 Å². The number of aromatic amines is 1. The van der Waals surface area contributed by atoms with Gasteiger partial charge in [-0.05, 0) is 31.5 Å². The van der Waals surface area contributed by atoms with E-state index in [9.17, 15) is 0 Å². The van der Waals surface area contributed by atoms with Gasteiger partial charge in [0.15, 0.2) is 0 Å². The Morgan fingerprint density at radius 2 is 2.42 bits per heavy atom. The molecule has 1 unspecified atom stereocenters. The van der Waals surface area contributed by atoms with Gasteiger partial charge in [0.05, 0.1) is 0 Å². The monoisotopic (exact) mass is 164 g/mol. The van der Waals surface area contributed by atoms with Crippen molar-refractivity contribution in [1.82, 2.24) is 10.3 Å². The summed E-state index contributed by atoms with van der Waals surface area (Å²) in [4.78, 5) is 3.24. The molecule has 1 fully saturated rings. The summed E-state index contributed by atoms with van der Waals surface area (Å²) in [5.41, 5.74) is 1.36. The largest absolute Gasteiger partial charge is 0.365 e. The van der Waals surface area contributed by atoms with Gasteiger partial charge in [0, 0.05) is 24.4 Å². The molecule has 2 N–H and O–H groups in total. The van der Waals surface area contributed by atoms with Gasteiger partial charge in [-0.25, -0.2) is 0 Å². The van der Waals surface area contributed by atoms with Crippen molar-refractivity contribution in [3.05, 3.63) is 24.0 Å². The fourth-order valence-electron chi connectivity index (χ4n) is 1.86. The number of piperidine rings is 1. The van der Waals surface area contributed by atoms with Gasteiger partial charge in [0.2, 0.25) is 0 Å². The van der Waals surface area contributed by atoms with Crippen LogP contribution in [0.5, 0.6) is 0 Å². The smallest absolute Gasteiger partial charge is 0.0162 e. The van der Waals surface area contributed by atoms with E-state index in [0.717, 1.165) is 6.42 Å². The second kappa shape index (κ2) is 3.76. The Bertz CT molecular complexity index is 210. The molecule has 1 aliphatic heterocycles. The molecule has 1 aliphatic rings. The van der Waals surface area contributed by atoms with Gasteiger partial charge >= 0.3 is 0 Å². The quantitative estimate of drug-likeness (QED) is 0.684. The maximum Gasteiger partial charge on any atom is 0.0162 e. The lowest BCUT2D eigenvalue weighted by Gasteiger charge is -2.22. The molecule has 66 valence electrons. The van der Waals surface area contributed by atoms with Gasteiger partial charge in [-0.3, -0.25) is 0 Å². The fraction of sp³-hybridized carbons (Fsp3) is 0.600. The van der Waals surface area contributed by atoms with Crippen LogP contribution in [0, 0.1) is 0 Å². The molecule has 2 nitrogen and oxygen atoms in total. The molecule has 2 heterocycles. The van der Waals surface area contributed by atoms with Crippen molar-refractivity contribution in [1.29, 1.82) is 0 Å². The molecule has 0 radical (unpaired) electrons. The number of H-pyrrole nitrogens is 1. The molecule has 2 rings (SSSR count). The summed E-state index contributed by atoms with van der Waals surface area (Å²) in [6.45, 7) is 1.20. The average Bonchev–Trinajstić information content (AvgIpc) is 2.59. The van der Waals surface area contributed by atoms with Crippen LogP contribution in [0.15, 0.2) is 18.3 Å². The molecule has 1 saturated heterocycles. The summed E-state index contributed by atoms with van der Waals surface area (Å²) < 4.78 is 0. The van der Waals surface area contributed by atoms with Crippen molar-refractivity contribution < 1.29 is 0 Å². The summed E-state index contributed by atoms with van der Waals surface area (Å²) in [5.74, 6) is 0. The van der Waals surface area contributed by atoms with Gasteiger partial charge in [0.1, 0.15) is 0 Å². The Hall–Kier alpha value is -0.760. The molecule has 1 aromatic heterocycles. The van der Waals surface area contributed by atoms with Crippen LogP contribution in [-0.4, -0.2) is 17.6 Å². The Morgan fingerprint density at radius 1 is 1.42 bits per heavy atom. The van der Waals surface area contributed by atoms with Crippen LogP contribution in [-0.2, 0) is 6.42 Å². The van der Waals surface area contributed by atoms with Crippen molar-refractivity contribution in [2.45, 2.75) is 31.7 Å². The van der Waals surface area contributed by atoms with E-state index in [-0.39, 0.29) is 0 Å². The van der Waals surface area contributed by atoms with E-state index in [1.165, 1.54) is 31.5 Å². The first-order valence-electron chi connectivity index (χ1n) is 4.81. The van der Waals surface area contributed by atoms with Crippen molar-refractivity contribution in [3.63, 3.8) is 0 Å². The molecule has 1 aromatic rings. The van der Waals surface area contributed by atoms with E-state index in [1.807, 2.05) is 6.20 Å². The molecule has 2 heteroatoms. The topological polar surface area (TPSA) is 27.8 Å². The lowest BCUT2D eigenvalue weighted by Crippen LogP contribution is -2.35. The Kier molecular flexibility index (Phi) is 2.47. The SMILES string of the molecule is c1c[nH]c(CC2CCCCN2)c1. The Morgan fingerprint density at radius 3 is 3.08 bits per heavy atom. The maximum absolute atomic E-state index is 3.54. The third-order valence-electron chi connectivity index (χ3n) is 2.54. The number of hydrogen-bond donors (Lipinski definition) is 2. The summed E-state index contributed by atoms with van der Waals surface area (Å²) in [6, 6.07) is 4.94. The number of aromatic nitrogens is 1. The van der Waals surface area contributed by atoms with E-state index in [1.54, 1.807) is 0 Å². The van der Waals surface area contributed by atoms with Crippen LogP contribution in [0.3, 0.4) is 0 Å². The number of nitrogens with one attached hydrogen (secondary N) is 2. The normalized spacial score (nSPS) is 24.2. The molecule has 0 amide bonds. The van der Waals surface area contributed by atoms with Crippen molar-refractivity contribution in [2.75, 3.05) is 6.54 Å². The van der Waals surface area contributed by atoms with E-state index in [4.69, 9.17) is 0 Å². The first-order valence-corrected chi connectivity index (χ1v) is 4.81. The van der Waals surface area contributed by atoms with E-state index < -0.39 is 0 Å². The van der Waals surface area contributed by atoms with Gasteiger partial charge in [-0.15, -0.1) is 0 Å². The molecular weight excluding hydrogens is 148 g/mol. The molecule has 0 aliphatic carbocycles. The highest BCUT2D eigenvalue weighted by atomic mass is 14.9. The van der Waals surface area contributed by atoms with Gasteiger partial charge < -0.3 is 10.3 Å². The third-order valence-corrected chi connectivity index (χ3v) is 2.54. The van der Waals surface area contributed by atoms with Crippen LogP contribution >= 0.6 is 0 Å². The molecule has 0 aromatic carbocycles. The second-order valence-corrected chi connectivity index (χ2v) is 3.55. The lowest BCUT2D eigenvalue weighted by atomic mass is 10.0. The Balaban J connectivity index is 1.86. The van der Waals surface area contributed by atoms with E-state index in [2.05, 4.69) is 22.4 Å². The van der Waals surface area contributed by atoms with Crippen molar-refractivity contribution in [2.24, 2.45) is 0 Å². The predicted molar refractivity (Wildman–Crippen MR) is 50.1 cm³/mol. The number of rotatable bonds is 2. The first kappa shape index (κ1) is 7.87. The maximum atomic E-state index is 3.54. The lowest BCUT2D eigenvalue weighted by molar-refractivity contribution is 0.397. The fourth-order valence-corrected chi connectivity index (χ4v) is 1.86. The zero-order chi connectivity index (χ0) is 8.23. The highest BCUT2D eigenvalue weighted by molar-refractivity contribution is 5.05.